The van der Waals surface area contributed by atoms with Gasteiger partial charge in [-0.15, -0.1) is 0 Å². The van der Waals surface area contributed by atoms with Gasteiger partial charge in [-0.05, 0) is 42.7 Å². The van der Waals surface area contributed by atoms with Crippen molar-refractivity contribution >= 4 is 27.7 Å². The molecule has 0 aromatic heterocycles. The van der Waals surface area contributed by atoms with E-state index >= 15 is 0 Å². The van der Waals surface area contributed by atoms with E-state index < -0.39 is 45.6 Å². The van der Waals surface area contributed by atoms with Gasteiger partial charge in [-0.2, -0.15) is 4.31 Å². The minimum Gasteiger partial charge on any atom is -0.368 e. The fourth-order valence-corrected chi connectivity index (χ4v) is 6.85. The maximum Gasteiger partial charge on any atom is 0.254 e. The molecule has 1 aliphatic heterocycles. The van der Waals surface area contributed by atoms with Crippen molar-refractivity contribution in [1.82, 2.24) is 14.5 Å². The molecule has 2 aromatic carbocycles. The van der Waals surface area contributed by atoms with Crippen LogP contribution in [0.2, 0.25) is 0 Å². The van der Waals surface area contributed by atoms with E-state index in [9.17, 15) is 27.2 Å². The molecule has 11 heteroatoms. The quantitative estimate of drug-likeness (QED) is 0.527. The second-order valence-electron chi connectivity index (χ2n) is 9.91. The molecule has 2 aliphatic rings. The molecule has 1 saturated heterocycles. The Balaban J connectivity index is 1.59. The van der Waals surface area contributed by atoms with Crippen LogP contribution < -0.4 is 11.1 Å². The van der Waals surface area contributed by atoms with E-state index in [1.54, 1.807) is 18.2 Å². The van der Waals surface area contributed by atoms with Gasteiger partial charge < -0.3 is 16.0 Å². The van der Waals surface area contributed by atoms with Crippen LogP contribution in [0.25, 0.3) is 0 Å². The molecule has 0 radical (unpaired) electrons. The Kier molecular flexibility index (Phi) is 8.78. The summed E-state index contributed by atoms with van der Waals surface area (Å²) in [7, 11) is -4.10. The number of carbonyl (C=O) groups is 3. The standard InChI is InChI=1S/C27H33FN4O5S/c28-21-11-7-10-20(17-21)27(35)31-14-15-32(38(36,37)22-12-5-2-6-13-22)24(18-31)26(34)30-23(25(29)33)16-19-8-3-1-4-9-19/h2,5-7,10-13,17,19,23-24H,1,3-4,8-9,14-16,18H2,(H2,29,33)(H,30,34)/t23-,24+/m0/s1. The van der Waals surface area contributed by atoms with Crippen LogP contribution in [0.3, 0.4) is 0 Å². The first-order valence-electron chi connectivity index (χ1n) is 12.9. The zero-order valence-electron chi connectivity index (χ0n) is 21.1. The van der Waals surface area contributed by atoms with E-state index in [0.29, 0.717) is 6.42 Å². The first kappa shape index (κ1) is 27.7. The summed E-state index contributed by atoms with van der Waals surface area (Å²) in [6.07, 6.45) is 5.49. The van der Waals surface area contributed by atoms with Crippen LogP contribution in [0.4, 0.5) is 4.39 Å². The van der Waals surface area contributed by atoms with Gasteiger partial charge in [0.15, 0.2) is 0 Å². The molecular weight excluding hydrogens is 511 g/mol. The van der Waals surface area contributed by atoms with E-state index in [1.165, 1.54) is 35.2 Å². The van der Waals surface area contributed by atoms with Gasteiger partial charge in [0.2, 0.25) is 21.8 Å². The minimum absolute atomic E-state index is 0.00646. The number of nitrogens with two attached hydrogens (primary N) is 1. The molecule has 0 spiro atoms. The second-order valence-corrected chi connectivity index (χ2v) is 11.8. The number of hydrogen-bond acceptors (Lipinski definition) is 5. The maximum atomic E-state index is 13.8. The number of nitrogens with zero attached hydrogens (tertiary/aromatic N) is 2. The maximum absolute atomic E-state index is 13.8. The van der Waals surface area contributed by atoms with E-state index in [2.05, 4.69) is 5.32 Å². The van der Waals surface area contributed by atoms with Crippen molar-refractivity contribution in [2.24, 2.45) is 11.7 Å². The van der Waals surface area contributed by atoms with Crippen LogP contribution >= 0.6 is 0 Å². The number of benzene rings is 2. The summed E-state index contributed by atoms with van der Waals surface area (Å²) in [6.45, 7) is -0.408. The van der Waals surface area contributed by atoms with Crippen LogP contribution in [0, 0.1) is 11.7 Å². The molecule has 1 heterocycles. The van der Waals surface area contributed by atoms with Gasteiger partial charge in [0.25, 0.3) is 5.91 Å². The summed E-state index contributed by atoms with van der Waals surface area (Å²) in [5.41, 5.74) is 5.72. The number of rotatable bonds is 8. The summed E-state index contributed by atoms with van der Waals surface area (Å²) in [5.74, 6) is -2.26. The van der Waals surface area contributed by atoms with Gasteiger partial charge in [-0.1, -0.05) is 56.4 Å². The normalized spacial score (nSPS) is 20.0. The number of carbonyl (C=O) groups excluding carboxylic acids is 3. The predicted molar refractivity (Wildman–Crippen MR) is 139 cm³/mol. The van der Waals surface area contributed by atoms with Gasteiger partial charge in [-0.25, -0.2) is 12.8 Å². The molecule has 1 saturated carbocycles. The average Bonchev–Trinajstić information content (AvgIpc) is 2.93. The number of hydrogen-bond donors (Lipinski definition) is 2. The molecule has 0 bridgehead atoms. The predicted octanol–water partition coefficient (Wildman–Crippen LogP) is 2.28. The molecule has 1 aliphatic carbocycles. The van der Waals surface area contributed by atoms with Gasteiger partial charge in [0.05, 0.1) is 4.90 Å². The molecular formula is C27H33FN4O5S. The molecule has 2 atom stereocenters. The molecule has 9 nitrogen and oxygen atoms in total. The van der Waals surface area contributed by atoms with E-state index in [0.717, 1.165) is 42.5 Å². The Morgan fingerprint density at radius 2 is 1.71 bits per heavy atom. The Morgan fingerprint density at radius 3 is 2.37 bits per heavy atom. The molecule has 204 valence electrons. The zero-order valence-corrected chi connectivity index (χ0v) is 21.9. The second kappa shape index (κ2) is 12.0. The highest BCUT2D eigenvalue weighted by atomic mass is 32.2. The Morgan fingerprint density at radius 1 is 1.00 bits per heavy atom. The first-order valence-corrected chi connectivity index (χ1v) is 14.3. The summed E-state index contributed by atoms with van der Waals surface area (Å²) in [6, 6.07) is 10.6. The molecule has 3 amide bonds. The van der Waals surface area contributed by atoms with Gasteiger partial charge in [-0.3, -0.25) is 14.4 Å². The third-order valence-electron chi connectivity index (χ3n) is 7.30. The van der Waals surface area contributed by atoms with Crippen LogP contribution in [-0.2, 0) is 19.6 Å². The van der Waals surface area contributed by atoms with Crippen molar-refractivity contribution in [3.8, 4) is 0 Å². The van der Waals surface area contributed by atoms with E-state index in [-0.39, 0.29) is 36.0 Å². The summed E-state index contributed by atoms with van der Waals surface area (Å²) in [5, 5.41) is 2.68. The minimum atomic E-state index is -4.10. The number of halogens is 1. The lowest BCUT2D eigenvalue weighted by Crippen LogP contribution is -2.63. The lowest BCUT2D eigenvalue weighted by molar-refractivity contribution is -0.131. The molecule has 2 aromatic rings. The third kappa shape index (κ3) is 6.39. The number of nitrogens with one attached hydrogen (secondary N) is 1. The topological polar surface area (TPSA) is 130 Å². The Hall–Kier alpha value is -3.31. The van der Waals surface area contributed by atoms with Crippen LogP contribution in [0.15, 0.2) is 59.5 Å². The van der Waals surface area contributed by atoms with E-state index in [1.807, 2.05) is 0 Å². The zero-order chi connectivity index (χ0) is 27.3. The lowest BCUT2D eigenvalue weighted by Gasteiger charge is -2.40. The molecule has 2 fully saturated rings. The van der Waals surface area contributed by atoms with Crippen LogP contribution in [0.1, 0.15) is 48.9 Å². The van der Waals surface area contributed by atoms with Crippen molar-refractivity contribution in [3.05, 3.63) is 66.0 Å². The Bertz CT molecular complexity index is 1270. The van der Waals surface area contributed by atoms with Crippen molar-refractivity contribution in [2.75, 3.05) is 19.6 Å². The molecule has 4 rings (SSSR count). The largest absolute Gasteiger partial charge is 0.368 e. The fourth-order valence-electron chi connectivity index (χ4n) is 5.25. The van der Waals surface area contributed by atoms with Gasteiger partial charge >= 0.3 is 0 Å². The third-order valence-corrected chi connectivity index (χ3v) is 9.22. The highest BCUT2D eigenvalue weighted by Crippen LogP contribution is 2.28. The number of sulfonamides is 1. The average molecular weight is 545 g/mol. The van der Waals surface area contributed by atoms with Crippen LogP contribution in [0.5, 0.6) is 0 Å². The highest BCUT2D eigenvalue weighted by Gasteiger charge is 2.42. The van der Waals surface area contributed by atoms with E-state index in [4.69, 9.17) is 5.73 Å². The molecule has 38 heavy (non-hydrogen) atoms. The van der Waals surface area contributed by atoms with Crippen molar-refractivity contribution in [3.63, 3.8) is 0 Å². The smallest absolute Gasteiger partial charge is 0.254 e. The fraction of sp³-hybridized carbons (Fsp3) is 0.444. The highest BCUT2D eigenvalue weighted by molar-refractivity contribution is 7.89. The molecule has 0 unspecified atom stereocenters. The Labute approximate surface area is 222 Å². The lowest BCUT2D eigenvalue weighted by atomic mass is 9.84. The SMILES string of the molecule is NC(=O)[C@H](CC1CCCCC1)NC(=O)[C@H]1CN(C(=O)c2cccc(F)c2)CCN1S(=O)(=O)c1ccccc1. The van der Waals surface area contributed by atoms with Crippen LogP contribution in [-0.4, -0.2) is 67.1 Å². The number of primary amides is 1. The van der Waals surface area contributed by atoms with Crippen molar-refractivity contribution in [1.29, 1.82) is 0 Å². The first-order chi connectivity index (χ1) is 18.2. The molecule has 3 N–H and O–H groups in total. The van der Waals surface area contributed by atoms with Gasteiger partial charge in [0, 0.05) is 25.2 Å². The van der Waals surface area contributed by atoms with Crippen molar-refractivity contribution in [2.45, 2.75) is 55.5 Å². The summed E-state index contributed by atoms with van der Waals surface area (Å²) < 4.78 is 41.9. The summed E-state index contributed by atoms with van der Waals surface area (Å²) in [4.78, 5) is 40.3. The number of amides is 3. The van der Waals surface area contributed by atoms with Crippen molar-refractivity contribution < 1.29 is 27.2 Å². The summed E-state index contributed by atoms with van der Waals surface area (Å²) >= 11 is 0. The number of piperazine rings is 1. The monoisotopic (exact) mass is 544 g/mol. The van der Waals surface area contributed by atoms with Gasteiger partial charge in [0.1, 0.15) is 17.9 Å².